The summed E-state index contributed by atoms with van der Waals surface area (Å²) in [5, 5.41) is 12.9. The molecule has 0 fully saturated rings. The summed E-state index contributed by atoms with van der Waals surface area (Å²) in [6.07, 6.45) is -0.355. The van der Waals surface area contributed by atoms with Gasteiger partial charge in [-0.05, 0) is 57.5 Å². The molecule has 0 spiro atoms. The van der Waals surface area contributed by atoms with Crippen LogP contribution in [0, 0.1) is 13.8 Å². The third-order valence-corrected chi connectivity index (χ3v) is 6.83. The molecule has 1 unspecified atom stereocenters. The summed E-state index contributed by atoms with van der Waals surface area (Å²) in [5.41, 5.74) is 1.29. The number of nitrogens with one attached hydrogen (secondary N) is 1. The standard InChI is InChI=1S/C22H25ClN4O4S2/c1-6-30-21(29)16-10-13(3)33-20(16)24-18(28)11-32-22-26-25-19(27(22)5)14(4)31-17-8-7-15(23)9-12(17)2/h7-10,14H,6,11H2,1-5H3,(H,24,28). The van der Waals surface area contributed by atoms with Gasteiger partial charge in [-0.1, -0.05) is 23.4 Å². The van der Waals surface area contributed by atoms with E-state index in [1.54, 1.807) is 23.6 Å². The Morgan fingerprint density at radius 2 is 2.03 bits per heavy atom. The lowest BCUT2D eigenvalue weighted by atomic mass is 10.2. The molecule has 33 heavy (non-hydrogen) atoms. The molecule has 0 bridgehead atoms. The summed E-state index contributed by atoms with van der Waals surface area (Å²) in [5.74, 6) is 0.750. The van der Waals surface area contributed by atoms with Gasteiger partial charge >= 0.3 is 5.97 Å². The van der Waals surface area contributed by atoms with Gasteiger partial charge < -0.3 is 19.4 Å². The summed E-state index contributed by atoms with van der Waals surface area (Å²) >= 11 is 8.59. The number of aryl methyl sites for hydroxylation is 2. The van der Waals surface area contributed by atoms with Crippen LogP contribution < -0.4 is 10.1 Å². The van der Waals surface area contributed by atoms with Crippen molar-refractivity contribution in [3.8, 4) is 5.75 Å². The number of anilines is 1. The van der Waals surface area contributed by atoms with Crippen molar-refractivity contribution >= 4 is 51.6 Å². The molecule has 2 aromatic heterocycles. The monoisotopic (exact) mass is 508 g/mol. The van der Waals surface area contributed by atoms with Crippen LogP contribution in [0.25, 0.3) is 0 Å². The molecule has 176 valence electrons. The van der Waals surface area contributed by atoms with Crippen molar-refractivity contribution in [2.75, 3.05) is 17.7 Å². The maximum Gasteiger partial charge on any atom is 0.341 e. The molecule has 3 rings (SSSR count). The van der Waals surface area contributed by atoms with Crippen LogP contribution in [-0.4, -0.2) is 39.0 Å². The molecule has 11 heteroatoms. The number of esters is 1. The van der Waals surface area contributed by atoms with Gasteiger partial charge in [0, 0.05) is 16.9 Å². The highest BCUT2D eigenvalue weighted by atomic mass is 35.5. The van der Waals surface area contributed by atoms with Gasteiger partial charge in [-0.25, -0.2) is 4.79 Å². The van der Waals surface area contributed by atoms with E-state index in [1.807, 2.05) is 40.0 Å². The van der Waals surface area contributed by atoms with Crippen molar-refractivity contribution in [2.45, 2.75) is 39.0 Å². The molecule has 0 aliphatic heterocycles. The Morgan fingerprint density at radius 1 is 1.27 bits per heavy atom. The Morgan fingerprint density at radius 3 is 2.73 bits per heavy atom. The van der Waals surface area contributed by atoms with E-state index in [0.717, 1.165) is 10.4 Å². The minimum Gasteiger partial charge on any atom is -0.482 e. The average molecular weight is 509 g/mol. The molecule has 1 N–H and O–H groups in total. The van der Waals surface area contributed by atoms with Crippen LogP contribution in [0.2, 0.25) is 5.02 Å². The minimum absolute atomic E-state index is 0.108. The first kappa shape index (κ1) is 25.1. The van der Waals surface area contributed by atoms with E-state index < -0.39 is 5.97 Å². The normalized spacial score (nSPS) is 11.8. The fourth-order valence-corrected chi connectivity index (χ4v) is 4.92. The first-order valence-electron chi connectivity index (χ1n) is 10.2. The van der Waals surface area contributed by atoms with E-state index in [0.29, 0.717) is 32.3 Å². The number of halogens is 1. The third-order valence-electron chi connectivity index (χ3n) is 4.61. The number of aromatic nitrogens is 3. The van der Waals surface area contributed by atoms with E-state index in [2.05, 4.69) is 15.5 Å². The number of ether oxygens (including phenoxy) is 2. The number of nitrogens with zero attached hydrogens (tertiary/aromatic N) is 3. The van der Waals surface area contributed by atoms with Crippen LogP contribution in [0.4, 0.5) is 5.00 Å². The van der Waals surface area contributed by atoms with Gasteiger partial charge in [-0.15, -0.1) is 21.5 Å². The first-order chi connectivity index (χ1) is 15.7. The number of benzene rings is 1. The lowest BCUT2D eigenvalue weighted by Crippen LogP contribution is -2.16. The summed E-state index contributed by atoms with van der Waals surface area (Å²) < 4.78 is 12.9. The first-order valence-corrected chi connectivity index (χ1v) is 12.4. The number of thioether (sulfide) groups is 1. The zero-order valence-corrected chi connectivity index (χ0v) is 21.4. The smallest absolute Gasteiger partial charge is 0.341 e. The molecule has 2 heterocycles. The van der Waals surface area contributed by atoms with E-state index in [-0.39, 0.29) is 24.4 Å². The Kier molecular flexibility index (Phi) is 8.39. The molecule has 0 aliphatic carbocycles. The van der Waals surface area contributed by atoms with Crippen molar-refractivity contribution in [3.05, 3.63) is 51.1 Å². The van der Waals surface area contributed by atoms with Gasteiger partial charge in [0.2, 0.25) is 5.91 Å². The second-order valence-corrected chi connectivity index (χ2v) is 9.86. The molecule has 1 atom stereocenters. The molecule has 1 amide bonds. The maximum atomic E-state index is 12.5. The fourth-order valence-electron chi connectivity index (χ4n) is 3.05. The summed E-state index contributed by atoms with van der Waals surface area (Å²) in [7, 11) is 1.83. The van der Waals surface area contributed by atoms with Crippen molar-refractivity contribution in [3.63, 3.8) is 0 Å². The lowest BCUT2D eigenvalue weighted by molar-refractivity contribution is -0.113. The second-order valence-electron chi connectivity index (χ2n) is 7.23. The molecule has 0 saturated carbocycles. The number of carbonyl (C=O) groups excluding carboxylic acids is 2. The van der Waals surface area contributed by atoms with E-state index in [9.17, 15) is 9.59 Å². The van der Waals surface area contributed by atoms with Gasteiger partial charge in [0.05, 0.1) is 17.9 Å². The third kappa shape index (κ3) is 6.27. The molecule has 1 aromatic carbocycles. The molecular formula is C22H25ClN4O4S2. The number of thiophene rings is 1. The van der Waals surface area contributed by atoms with Crippen LogP contribution in [0.15, 0.2) is 29.4 Å². The Hall–Kier alpha value is -2.56. The zero-order valence-electron chi connectivity index (χ0n) is 19.0. The van der Waals surface area contributed by atoms with E-state index in [4.69, 9.17) is 21.1 Å². The van der Waals surface area contributed by atoms with Crippen LogP contribution in [-0.2, 0) is 16.6 Å². The summed E-state index contributed by atoms with van der Waals surface area (Å²) in [6.45, 7) is 7.69. The van der Waals surface area contributed by atoms with Gasteiger partial charge in [-0.2, -0.15) is 0 Å². The largest absolute Gasteiger partial charge is 0.482 e. The average Bonchev–Trinajstić information content (AvgIpc) is 3.30. The van der Waals surface area contributed by atoms with Crippen LogP contribution in [0.5, 0.6) is 5.75 Å². The summed E-state index contributed by atoms with van der Waals surface area (Å²) in [6, 6.07) is 7.14. The highest BCUT2D eigenvalue weighted by molar-refractivity contribution is 7.99. The van der Waals surface area contributed by atoms with Crippen molar-refractivity contribution in [2.24, 2.45) is 7.05 Å². The van der Waals surface area contributed by atoms with Gasteiger partial charge in [-0.3, -0.25) is 4.79 Å². The number of hydrogen-bond donors (Lipinski definition) is 1. The van der Waals surface area contributed by atoms with Crippen LogP contribution in [0.3, 0.4) is 0 Å². The Labute approximate surface area is 205 Å². The van der Waals surface area contributed by atoms with Gasteiger partial charge in [0.15, 0.2) is 17.1 Å². The number of hydrogen-bond acceptors (Lipinski definition) is 8. The van der Waals surface area contributed by atoms with Crippen LogP contribution in [0.1, 0.15) is 46.6 Å². The van der Waals surface area contributed by atoms with Crippen molar-refractivity contribution in [1.82, 2.24) is 14.8 Å². The SMILES string of the molecule is CCOC(=O)c1cc(C)sc1NC(=O)CSc1nnc(C(C)Oc2ccc(Cl)cc2C)n1C. The molecule has 8 nitrogen and oxygen atoms in total. The zero-order chi connectivity index (χ0) is 24.1. The highest BCUT2D eigenvalue weighted by Crippen LogP contribution is 2.30. The molecule has 0 radical (unpaired) electrons. The van der Waals surface area contributed by atoms with Crippen molar-refractivity contribution in [1.29, 1.82) is 0 Å². The predicted octanol–water partition coefficient (Wildman–Crippen LogP) is 5.19. The number of amides is 1. The highest BCUT2D eigenvalue weighted by Gasteiger charge is 2.21. The fraction of sp³-hybridized carbons (Fsp3) is 0.364. The Bertz CT molecular complexity index is 1160. The minimum atomic E-state index is -0.451. The van der Waals surface area contributed by atoms with Crippen molar-refractivity contribution < 1.29 is 19.1 Å². The predicted molar refractivity (Wildman–Crippen MR) is 131 cm³/mol. The number of carbonyl (C=O) groups is 2. The lowest BCUT2D eigenvalue weighted by Gasteiger charge is -2.16. The van der Waals surface area contributed by atoms with E-state index in [1.165, 1.54) is 23.1 Å². The Balaban J connectivity index is 1.62. The quantitative estimate of drug-likeness (QED) is 0.313. The van der Waals surface area contributed by atoms with E-state index >= 15 is 0 Å². The molecular weight excluding hydrogens is 484 g/mol. The number of rotatable bonds is 9. The van der Waals surface area contributed by atoms with Crippen LogP contribution >= 0.6 is 34.7 Å². The molecule has 3 aromatic rings. The molecule has 0 aliphatic rings. The maximum absolute atomic E-state index is 12.5. The summed E-state index contributed by atoms with van der Waals surface area (Å²) in [4.78, 5) is 25.5. The topological polar surface area (TPSA) is 95.3 Å². The second kappa shape index (κ2) is 11.0. The van der Waals surface area contributed by atoms with Gasteiger partial charge in [0.25, 0.3) is 0 Å². The molecule has 0 saturated heterocycles. The van der Waals surface area contributed by atoms with Gasteiger partial charge in [0.1, 0.15) is 10.8 Å².